The molecule has 1 aliphatic rings. The van der Waals surface area contributed by atoms with Gasteiger partial charge in [-0.1, -0.05) is 91.0 Å². The van der Waals surface area contributed by atoms with E-state index in [1.54, 1.807) is 0 Å². The third-order valence-corrected chi connectivity index (χ3v) is 6.41. The molecule has 32 heavy (non-hydrogen) atoms. The Bertz CT molecular complexity index is 954. The van der Waals surface area contributed by atoms with Gasteiger partial charge in [-0.25, -0.2) is 0 Å². The summed E-state index contributed by atoms with van der Waals surface area (Å²) in [6.07, 6.45) is 2.13. The second kappa shape index (κ2) is 11.1. The first-order valence-corrected chi connectivity index (χ1v) is 11.5. The molecule has 4 heteroatoms. The van der Waals surface area contributed by atoms with Crippen LogP contribution < -0.4 is 5.32 Å². The van der Waals surface area contributed by atoms with Crippen LogP contribution in [0.4, 0.5) is 0 Å². The van der Waals surface area contributed by atoms with E-state index in [9.17, 15) is 9.90 Å². The lowest BCUT2D eigenvalue weighted by atomic mass is 9.87. The number of nitrogens with one attached hydrogen (secondary N) is 1. The Balaban J connectivity index is 1.32. The van der Waals surface area contributed by atoms with Gasteiger partial charge in [-0.2, -0.15) is 0 Å². The van der Waals surface area contributed by atoms with Crippen LogP contribution in [0.25, 0.3) is 0 Å². The molecule has 0 unspecified atom stereocenters. The first-order chi connectivity index (χ1) is 15.7. The standard InChI is InChI=1S/C28H32N2O2/c31-27(21-30-18-16-25(17-19-30)28(32)24-14-8-3-9-15-24)29-26(23-12-6-2-7-13-23)20-22-10-4-1-5-11-22/h1-15,25-26,28,32H,16-21H2,(H,29,31)/t26-,28+/m1/s1. The Hall–Kier alpha value is -2.95. The van der Waals surface area contributed by atoms with Gasteiger partial charge in [0.25, 0.3) is 0 Å². The van der Waals surface area contributed by atoms with Crippen molar-refractivity contribution in [2.45, 2.75) is 31.4 Å². The minimum absolute atomic E-state index is 0.0523. The summed E-state index contributed by atoms with van der Waals surface area (Å²) < 4.78 is 0. The molecule has 0 bridgehead atoms. The van der Waals surface area contributed by atoms with Crippen LogP contribution in [0.1, 0.15) is 41.7 Å². The van der Waals surface area contributed by atoms with Gasteiger partial charge >= 0.3 is 0 Å². The van der Waals surface area contributed by atoms with Gasteiger partial charge in [0, 0.05) is 0 Å². The highest BCUT2D eigenvalue weighted by Crippen LogP contribution is 2.30. The molecule has 0 radical (unpaired) electrons. The van der Waals surface area contributed by atoms with E-state index in [0.717, 1.165) is 43.5 Å². The smallest absolute Gasteiger partial charge is 0.234 e. The lowest BCUT2D eigenvalue weighted by Crippen LogP contribution is -2.43. The highest BCUT2D eigenvalue weighted by molar-refractivity contribution is 5.78. The molecule has 1 aliphatic heterocycles. The van der Waals surface area contributed by atoms with Crippen LogP contribution in [-0.4, -0.2) is 35.5 Å². The molecular formula is C28H32N2O2. The highest BCUT2D eigenvalue weighted by Gasteiger charge is 2.27. The van der Waals surface area contributed by atoms with Gasteiger partial charge in [0.1, 0.15) is 0 Å². The number of piperidine rings is 1. The largest absolute Gasteiger partial charge is 0.388 e. The summed E-state index contributed by atoms with van der Waals surface area (Å²) in [5.41, 5.74) is 3.31. The van der Waals surface area contributed by atoms with Crippen molar-refractivity contribution in [2.75, 3.05) is 19.6 Å². The van der Waals surface area contributed by atoms with Crippen LogP contribution in [0, 0.1) is 5.92 Å². The summed E-state index contributed by atoms with van der Waals surface area (Å²) in [5.74, 6) is 0.295. The fourth-order valence-corrected chi connectivity index (χ4v) is 4.58. The number of carbonyl (C=O) groups excluding carboxylic acids is 1. The van der Waals surface area contributed by atoms with Gasteiger partial charge in [0.05, 0.1) is 18.7 Å². The fourth-order valence-electron chi connectivity index (χ4n) is 4.58. The average molecular weight is 429 g/mol. The third-order valence-electron chi connectivity index (χ3n) is 6.41. The highest BCUT2D eigenvalue weighted by atomic mass is 16.3. The molecule has 1 heterocycles. The molecule has 4 nitrogen and oxygen atoms in total. The van der Waals surface area contributed by atoms with Crippen molar-refractivity contribution in [1.29, 1.82) is 0 Å². The maximum Gasteiger partial charge on any atom is 0.234 e. The van der Waals surface area contributed by atoms with Crippen LogP contribution in [0.2, 0.25) is 0 Å². The minimum Gasteiger partial charge on any atom is -0.388 e. The second-order valence-corrected chi connectivity index (χ2v) is 8.69. The van der Waals surface area contributed by atoms with Crippen molar-refractivity contribution in [3.8, 4) is 0 Å². The van der Waals surface area contributed by atoms with Gasteiger partial charge in [-0.3, -0.25) is 9.69 Å². The maximum absolute atomic E-state index is 12.9. The first-order valence-electron chi connectivity index (χ1n) is 11.5. The van der Waals surface area contributed by atoms with E-state index in [2.05, 4.69) is 34.5 Å². The predicted octanol–water partition coefficient (Wildman–Crippen LogP) is 4.53. The second-order valence-electron chi connectivity index (χ2n) is 8.69. The Morgan fingerprint density at radius 3 is 1.97 bits per heavy atom. The molecule has 0 saturated carbocycles. The van der Waals surface area contributed by atoms with Gasteiger partial charge < -0.3 is 10.4 Å². The quantitative estimate of drug-likeness (QED) is 0.554. The molecule has 0 spiro atoms. The number of likely N-dealkylation sites (tertiary alicyclic amines) is 1. The van der Waals surface area contributed by atoms with Gasteiger partial charge in [0.2, 0.25) is 5.91 Å². The van der Waals surface area contributed by atoms with Crippen molar-refractivity contribution in [1.82, 2.24) is 10.2 Å². The first kappa shape index (κ1) is 22.3. The fraction of sp³-hybridized carbons (Fsp3) is 0.321. The summed E-state index contributed by atoms with van der Waals surface area (Å²) in [6, 6.07) is 30.3. The molecule has 3 aromatic carbocycles. The summed E-state index contributed by atoms with van der Waals surface area (Å²) >= 11 is 0. The molecule has 166 valence electrons. The Labute approximate surface area is 190 Å². The number of hydrogen-bond donors (Lipinski definition) is 2. The molecule has 1 saturated heterocycles. The van der Waals surface area contributed by atoms with E-state index in [1.165, 1.54) is 5.56 Å². The molecule has 0 aliphatic carbocycles. The number of benzene rings is 3. The van der Waals surface area contributed by atoms with Gasteiger partial charge in [-0.05, 0) is 55.0 Å². The number of hydrogen-bond acceptors (Lipinski definition) is 3. The Morgan fingerprint density at radius 2 is 1.38 bits per heavy atom. The summed E-state index contributed by atoms with van der Waals surface area (Å²) in [7, 11) is 0. The van der Waals surface area contributed by atoms with Crippen molar-refractivity contribution in [3.05, 3.63) is 108 Å². The number of rotatable bonds is 8. The van der Waals surface area contributed by atoms with E-state index in [0.29, 0.717) is 6.54 Å². The Kier molecular flexibility index (Phi) is 7.70. The number of aliphatic hydroxyl groups is 1. The molecule has 1 amide bonds. The molecule has 3 aromatic rings. The topological polar surface area (TPSA) is 52.6 Å². The minimum atomic E-state index is -0.430. The molecule has 1 fully saturated rings. The molecule has 0 aromatic heterocycles. The van der Waals surface area contributed by atoms with Crippen LogP contribution in [0.3, 0.4) is 0 Å². The zero-order valence-electron chi connectivity index (χ0n) is 18.4. The maximum atomic E-state index is 12.9. The number of carbonyl (C=O) groups is 1. The van der Waals surface area contributed by atoms with E-state index in [1.807, 2.05) is 66.7 Å². The lowest BCUT2D eigenvalue weighted by Gasteiger charge is -2.34. The summed E-state index contributed by atoms with van der Waals surface area (Å²) in [4.78, 5) is 15.1. The summed E-state index contributed by atoms with van der Waals surface area (Å²) in [5, 5.41) is 14.0. The lowest BCUT2D eigenvalue weighted by molar-refractivity contribution is -0.123. The molecule has 2 atom stereocenters. The van der Waals surface area contributed by atoms with E-state index < -0.39 is 6.10 Å². The summed E-state index contributed by atoms with van der Waals surface area (Å²) in [6.45, 7) is 2.06. The Morgan fingerprint density at radius 1 is 0.844 bits per heavy atom. The molecule has 4 rings (SSSR count). The van der Waals surface area contributed by atoms with Gasteiger partial charge in [0.15, 0.2) is 0 Å². The number of nitrogens with zero attached hydrogens (tertiary/aromatic N) is 1. The van der Waals surface area contributed by atoms with Crippen molar-refractivity contribution >= 4 is 5.91 Å². The average Bonchev–Trinajstić information content (AvgIpc) is 2.85. The predicted molar refractivity (Wildman–Crippen MR) is 128 cm³/mol. The van der Waals surface area contributed by atoms with E-state index in [4.69, 9.17) is 0 Å². The number of aliphatic hydroxyl groups excluding tert-OH is 1. The monoisotopic (exact) mass is 428 g/mol. The van der Waals surface area contributed by atoms with Crippen LogP contribution >= 0.6 is 0 Å². The zero-order valence-corrected chi connectivity index (χ0v) is 18.4. The van der Waals surface area contributed by atoms with Crippen LogP contribution in [0.15, 0.2) is 91.0 Å². The number of amides is 1. The SMILES string of the molecule is O=C(CN1CCC([C@@H](O)c2ccccc2)CC1)N[C@H](Cc1ccccc1)c1ccccc1. The van der Waals surface area contributed by atoms with Crippen molar-refractivity contribution < 1.29 is 9.90 Å². The van der Waals surface area contributed by atoms with Crippen LogP contribution in [0.5, 0.6) is 0 Å². The van der Waals surface area contributed by atoms with Crippen molar-refractivity contribution in [3.63, 3.8) is 0 Å². The zero-order chi connectivity index (χ0) is 22.2. The van der Waals surface area contributed by atoms with E-state index >= 15 is 0 Å². The normalized spacial score (nSPS) is 16.9. The third kappa shape index (κ3) is 6.06. The van der Waals surface area contributed by atoms with E-state index in [-0.39, 0.29) is 17.9 Å². The van der Waals surface area contributed by atoms with Crippen LogP contribution in [-0.2, 0) is 11.2 Å². The van der Waals surface area contributed by atoms with Crippen molar-refractivity contribution in [2.24, 2.45) is 5.92 Å². The molecule has 2 N–H and O–H groups in total. The van der Waals surface area contributed by atoms with Gasteiger partial charge in [-0.15, -0.1) is 0 Å². The molecular weight excluding hydrogens is 396 g/mol.